The fraction of sp³-hybridized carbons (Fsp3) is 0.533. The van der Waals surface area contributed by atoms with Crippen molar-refractivity contribution in [2.24, 2.45) is 11.8 Å². The quantitative estimate of drug-likeness (QED) is 0.879. The summed E-state index contributed by atoms with van der Waals surface area (Å²) >= 11 is 3.38. The van der Waals surface area contributed by atoms with Crippen molar-refractivity contribution in [2.45, 2.75) is 39.2 Å². The van der Waals surface area contributed by atoms with E-state index >= 15 is 0 Å². The van der Waals surface area contributed by atoms with Crippen molar-refractivity contribution in [2.75, 3.05) is 0 Å². The van der Waals surface area contributed by atoms with Crippen LogP contribution in [0, 0.1) is 11.8 Å². The first-order chi connectivity index (χ1) is 8.54. The first-order valence-corrected chi connectivity index (χ1v) is 7.40. The van der Waals surface area contributed by atoms with Gasteiger partial charge < -0.3 is 5.32 Å². The Balaban J connectivity index is 1.96. The van der Waals surface area contributed by atoms with Gasteiger partial charge in [0.1, 0.15) is 0 Å². The molecule has 2 atom stereocenters. The highest BCUT2D eigenvalue weighted by Crippen LogP contribution is 2.28. The van der Waals surface area contributed by atoms with Gasteiger partial charge in [-0.3, -0.25) is 4.79 Å². The molecule has 0 radical (unpaired) electrons. The zero-order chi connectivity index (χ0) is 13.1. The highest BCUT2D eigenvalue weighted by Gasteiger charge is 2.25. The highest BCUT2D eigenvalue weighted by atomic mass is 79.9. The number of nitrogens with one attached hydrogen (secondary N) is 1. The van der Waals surface area contributed by atoms with Gasteiger partial charge in [-0.15, -0.1) is 0 Å². The maximum atomic E-state index is 12.1. The van der Waals surface area contributed by atoms with Gasteiger partial charge in [0, 0.05) is 16.1 Å². The molecule has 1 saturated carbocycles. The van der Waals surface area contributed by atoms with Gasteiger partial charge in [-0.1, -0.05) is 29.8 Å². The minimum absolute atomic E-state index is 0.0498. The molecule has 1 amide bonds. The molecule has 0 saturated heterocycles. The van der Waals surface area contributed by atoms with Crippen LogP contribution in [0.1, 0.15) is 43.5 Å². The molecular weight excluding hydrogens is 290 g/mol. The molecule has 0 heterocycles. The van der Waals surface area contributed by atoms with Crippen LogP contribution < -0.4 is 5.32 Å². The molecule has 2 rings (SSSR count). The summed E-state index contributed by atoms with van der Waals surface area (Å²) in [4.78, 5) is 12.1. The van der Waals surface area contributed by atoms with E-state index in [9.17, 15) is 4.79 Å². The number of benzene rings is 1. The van der Waals surface area contributed by atoms with Crippen LogP contribution in [0.4, 0.5) is 0 Å². The first-order valence-electron chi connectivity index (χ1n) is 6.61. The predicted octanol–water partition coefficient (Wildman–Crippen LogP) is 4.00. The minimum atomic E-state index is 0.0498. The summed E-state index contributed by atoms with van der Waals surface area (Å²) in [5.41, 5.74) is 0.740. The van der Waals surface area contributed by atoms with Crippen molar-refractivity contribution in [3.63, 3.8) is 0 Å². The molecule has 1 N–H and O–H groups in total. The number of rotatable bonds is 2. The molecular formula is C15H20BrNO. The third-order valence-corrected chi connectivity index (χ3v) is 4.15. The Hall–Kier alpha value is -0.830. The number of hydrogen-bond donors (Lipinski definition) is 1. The molecule has 2 unspecified atom stereocenters. The summed E-state index contributed by atoms with van der Waals surface area (Å²) < 4.78 is 0.999. The number of carbonyl (C=O) groups is 1. The van der Waals surface area contributed by atoms with E-state index in [1.807, 2.05) is 24.3 Å². The number of carbonyl (C=O) groups excluding carboxylic acids is 1. The van der Waals surface area contributed by atoms with Gasteiger partial charge in [-0.2, -0.15) is 0 Å². The molecule has 98 valence electrons. The third-order valence-electron chi connectivity index (χ3n) is 3.62. The second-order valence-corrected chi connectivity index (χ2v) is 6.51. The highest BCUT2D eigenvalue weighted by molar-refractivity contribution is 9.10. The molecule has 18 heavy (non-hydrogen) atoms. The Bertz CT molecular complexity index is 405. The van der Waals surface area contributed by atoms with Crippen molar-refractivity contribution in [1.82, 2.24) is 5.32 Å². The van der Waals surface area contributed by atoms with Crippen LogP contribution in [0.25, 0.3) is 0 Å². The summed E-state index contributed by atoms with van der Waals surface area (Å²) in [6, 6.07) is 7.85. The standard InChI is InChI=1S/C15H20BrNO/c1-10-7-11(2)9-14(8-10)17-15(18)12-3-5-13(16)6-4-12/h3-6,10-11,14H,7-9H2,1-2H3,(H,17,18). The summed E-state index contributed by atoms with van der Waals surface area (Å²) in [7, 11) is 0. The van der Waals surface area contributed by atoms with Crippen LogP contribution >= 0.6 is 15.9 Å². The number of amides is 1. The lowest BCUT2D eigenvalue weighted by molar-refractivity contribution is 0.0911. The van der Waals surface area contributed by atoms with E-state index in [1.165, 1.54) is 6.42 Å². The molecule has 0 bridgehead atoms. The van der Waals surface area contributed by atoms with Gasteiger partial charge in [-0.05, 0) is 55.4 Å². The van der Waals surface area contributed by atoms with E-state index in [0.717, 1.165) is 22.9 Å². The minimum Gasteiger partial charge on any atom is -0.349 e. The van der Waals surface area contributed by atoms with Crippen LogP contribution in [0.3, 0.4) is 0 Å². The average Bonchev–Trinajstić information content (AvgIpc) is 2.28. The van der Waals surface area contributed by atoms with Crippen molar-refractivity contribution in [3.8, 4) is 0 Å². The van der Waals surface area contributed by atoms with Crippen molar-refractivity contribution in [3.05, 3.63) is 34.3 Å². The molecule has 0 spiro atoms. The van der Waals surface area contributed by atoms with Crippen LogP contribution in [0.2, 0.25) is 0 Å². The predicted molar refractivity (Wildman–Crippen MR) is 77.6 cm³/mol. The normalized spacial score (nSPS) is 27.8. The molecule has 3 heteroatoms. The summed E-state index contributed by atoms with van der Waals surface area (Å²) in [6.07, 6.45) is 3.49. The van der Waals surface area contributed by atoms with E-state index in [4.69, 9.17) is 0 Å². The molecule has 0 aromatic heterocycles. The van der Waals surface area contributed by atoms with Crippen molar-refractivity contribution >= 4 is 21.8 Å². The average molecular weight is 310 g/mol. The summed E-state index contributed by atoms with van der Waals surface area (Å²) in [5.74, 6) is 1.47. The van der Waals surface area contributed by atoms with E-state index in [-0.39, 0.29) is 5.91 Å². The SMILES string of the molecule is CC1CC(C)CC(NC(=O)c2ccc(Br)cc2)C1. The fourth-order valence-corrected chi connectivity index (χ4v) is 3.20. The van der Waals surface area contributed by atoms with E-state index < -0.39 is 0 Å². The molecule has 1 aliphatic rings. The largest absolute Gasteiger partial charge is 0.349 e. The monoisotopic (exact) mass is 309 g/mol. The van der Waals surface area contributed by atoms with Gasteiger partial charge >= 0.3 is 0 Å². The van der Waals surface area contributed by atoms with Gasteiger partial charge in [0.2, 0.25) is 0 Å². The van der Waals surface area contributed by atoms with E-state index in [1.54, 1.807) is 0 Å². The molecule has 1 aromatic rings. The lowest BCUT2D eigenvalue weighted by atomic mass is 9.80. The summed E-state index contributed by atoms with van der Waals surface area (Å²) in [5, 5.41) is 3.16. The number of hydrogen-bond acceptors (Lipinski definition) is 1. The van der Waals surface area contributed by atoms with Crippen LogP contribution in [-0.4, -0.2) is 11.9 Å². The lowest BCUT2D eigenvalue weighted by Crippen LogP contribution is -2.40. The smallest absolute Gasteiger partial charge is 0.251 e. The van der Waals surface area contributed by atoms with Crippen LogP contribution in [0.5, 0.6) is 0 Å². The second kappa shape index (κ2) is 5.87. The Labute approximate surface area is 117 Å². The molecule has 1 fully saturated rings. The Morgan fingerprint density at radius 3 is 2.22 bits per heavy atom. The van der Waals surface area contributed by atoms with E-state index in [2.05, 4.69) is 35.1 Å². The van der Waals surface area contributed by atoms with Gasteiger partial charge in [-0.25, -0.2) is 0 Å². The van der Waals surface area contributed by atoms with Crippen LogP contribution in [0.15, 0.2) is 28.7 Å². The molecule has 2 nitrogen and oxygen atoms in total. The maximum absolute atomic E-state index is 12.1. The Morgan fingerprint density at radius 2 is 1.67 bits per heavy atom. The molecule has 1 aliphatic carbocycles. The Morgan fingerprint density at radius 1 is 1.11 bits per heavy atom. The van der Waals surface area contributed by atoms with Crippen molar-refractivity contribution < 1.29 is 4.79 Å². The topological polar surface area (TPSA) is 29.1 Å². The third kappa shape index (κ3) is 3.58. The molecule has 0 aliphatic heterocycles. The second-order valence-electron chi connectivity index (χ2n) is 5.59. The molecule has 1 aromatic carbocycles. The maximum Gasteiger partial charge on any atom is 0.251 e. The van der Waals surface area contributed by atoms with Crippen molar-refractivity contribution in [1.29, 1.82) is 0 Å². The van der Waals surface area contributed by atoms with E-state index in [0.29, 0.717) is 17.9 Å². The zero-order valence-corrected chi connectivity index (χ0v) is 12.5. The first kappa shape index (κ1) is 13.6. The van der Waals surface area contributed by atoms with Gasteiger partial charge in [0.05, 0.1) is 0 Å². The summed E-state index contributed by atoms with van der Waals surface area (Å²) in [6.45, 7) is 4.54. The lowest BCUT2D eigenvalue weighted by Gasteiger charge is -2.31. The van der Waals surface area contributed by atoms with Gasteiger partial charge in [0.25, 0.3) is 5.91 Å². The zero-order valence-electron chi connectivity index (χ0n) is 10.9. The fourth-order valence-electron chi connectivity index (χ4n) is 2.93. The van der Waals surface area contributed by atoms with Crippen LogP contribution in [-0.2, 0) is 0 Å². The Kier molecular flexibility index (Phi) is 4.44. The van der Waals surface area contributed by atoms with Gasteiger partial charge in [0.15, 0.2) is 0 Å². The number of halogens is 1.